The van der Waals surface area contributed by atoms with Gasteiger partial charge >= 0.3 is 0 Å². The zero-order chi connectivity index (χ0) is 9.68. The van der Waals surface area contributed by atoms with Crippen molar-refractivity contribution in [1.29, 1.82) is 5.26 Å². The van der Waals surface area contributed by atoms with Crippen LogP contribution in [0.25, 0.3) is 0 Å². The van der Waals surface area contributed by atoms with E-state index in [0.29, 0.717) is 10.2 Å². The quantitative estimate of drug-likeness (QED) is 0.621. The zero-order valence-corrected chi connectivity index (χ0v) is 8.21. The van der Waals surface area contributed by atoms with Crippen molar-refractivity contribution in [2.45, 2.75) is 0 Å². The lowest BCUT2D eigenvalue weighted by molar-refractivity contribution is 0.0957. The number of carbonyl (C=O) groups excluding carboxylic acids is 1. The van der Waals surface area contributed by atoms with Crippen LogP contribution in [0.2, 0.25) is 0 Å². The Morgan fingerprint density at radius 3 is 3.15 bits per heavy atom. The van der Waals surface area contributed by atoms with Crippen molar-refractivity contribution < 1.29 is 4.79 Å². The fraction of sp³-hybridized carbons (Fsp3) is 0.125. The number of rotatable bonds is 2. The van der Waals surface area contributed by atoms with E-state index in [4.69, 9.17) is 5.26 Å². The lowest BCUT2D eigenvalue weighted by Gasteiger charge is -2.01. The summed E-state index contributed by atoms with van der Waals surface area (Å²) in [5, 5.41) is 10.7. The summed E-state index contributed by atoms with van der Waals surface area (Å²) in [6.45, 7) is 0.000166. The van der Waals surface area contributed by atoms with E-state index in [2.05, 4.69) is 26.2 Å². The molecule has 0 aliphatic carbocycles. The predicted molar refractivity (Wildman–Crippen MR) is 49.9 cm³/mol. The highest BCUT2D eigenvalue weighted by molar-refractivity contribution is 9.10. The summed E-state index contributed by atoms with van der Waals surface area (Å²) in [6, 6.07) is 5.11. The number of aromatic nitrogens is 1. The molecular weight excluding hydrogens is 234 g/mol. The first-order chi connectivity index (χ1) is 6.25. The van der Waals surface area contributed by atoms with Crippen LogP contribution < -0.4 is 5.32 Å². The van der Waals surface area contributed by atoms with Crippen LogP contribution >= 0.6 is 15.9 Å². The predicted octanol–water partition coefficient (Wildman–Crippen LogP) is 1.10. The molecule has 0 aliphatic heterocycles. The van der Waals surface area contributed by atoms with Gasteiger partial charge in [0.25, 0.3) is 5.91 Å². The Kier molecular flexibility index (Phi) is 3.41. The van der Waals surface area contributed by atoms with Crippen LogP contribution in [-0.4, -0.2) is 17.4 Å². The van der Waals surface area contributed by atoms with Crippen molar-refractivity contribution >= 4 is 21.8 Å². The maximum Gasteiger partial charge on any atom is 0.254 e. The molecule has 1 rings (SSSR count). The molecule has 66 valence electrons. The summed E-state index contributed by atoms with van der Waals surface area (Å²) in [7, 11) is 0. The van der Waals surface area contributed by atoms with Gasteiger partial charge in [0, 0.05) is 6.20 Å². The van der Waals surface area contributed by atoms with Crippen LogP contribution in [0.15, 0.2) is 22.9 Å². The number of hydrogen-bond acceptors (Lipinski definition) is 3. The standard InChI is InChI=1S/C8H6BrN3O/c9-7-6(2-1-4-11-7)8(13)12-5-3-10/h1-2,4H,5H2,(H,12,13). The van der Waals surface area contributed by atoms with Gasteiger partial charge in [-0.2, -0.15) is 5.26 Å². The highest BCUT2D eigenvalue weighted by Crippen LogP contribution is 2.11. The molecule has 0 saturated heterocycles. The van der Waals surface area contributed by atoms with Gasteiger partial charge in [-0.05, 0) is 28.1 Å². The van der Waals surface area contributed by atoms with Crippen LogP contribution in [0.3, 0.4) is 0 Å². The lowest BCUT2D eigenvalue weighted by atomic mass is 10.3. The molecule has 0 bridgehead atoms. The molecule has 1 N–H and O–H groups in total. The van der Waals surface area contributed by atoms with Crippen molar-refractivity contribution in [3.63, 3.8) is 0 Å². The molecule has 1 amide bonds. The minimum atomic E-state index is -0.304. The maximum absolute atomic E-state index is 11.3. The van der Waals surface area contributed by atoms with E-state index in [0.717, 1.165) is 0 Å². The molecule has 0 aromatic carbocycles. The molecule has 1 aromatic rings. The van der Waals surface area contributed by atoms with Gasteiger partial charge < -0.3 is 5.32 Å². The molecule has 0 fully saturated rings. The van der Waals surface area contributed by atoms with E-state index in [-0.39, 0.29) is 12.5 Å². The van der Waals surface area contributed by atoms with E-state index >= 15 is 0 Å². The number of nitrogens with zero attached hydrogens (tertiary/aromatic N) is 2. The maximum atomic E-state index is 11.3. The zero-order valence-electron chi connectivity index (χ0n) is 6.62. The summed E-state index contributed by atoms with van der Waals surface area (Å²) < 4.78 is 0.477. The van der Waals surface area contributed by atoms with Crippen LogP contribution in [0.4, 0.5) is 0 Å². The first kappa shape index (κ1) is 9.68. The first-order valence-corrected chi connectivity index (χ1v) is 4.30. The average molecular weight is 240 g/mol. The SMILES string of the molecule is N#CCNC(=O)c1cccnc1Br. The number of carbonyl (C=O) groups is 1. The Labute approximate surface area is 83.7 Å². The third-order valence-corrected chi connectivity index (χ3v) is 1.96. The van der Waals surface area contributed by atoms with Crippen LogP contribution in [0.1, 0.15) is 10.4 Å². The topological polar surface area (TPSA) is 65.8 Å². The van der Waals surface area contributed by atoms with E-state index in [1.807, 2.05) is 6.07 Å². The fourth-order valence-electron chi connectivity index (χ4n) is 0.770. The average Bonchev–Trinajstić information content (AvgIpc) is 2.15. The third kappa shape index (κ3) is 2.53. The first-order valence-electron chi connectivity index (χ1n) is 3.51. The van der Waals surface area contributed by atoms with Gasteiger partial charge in [-0.15, -0.1) is 0 Å². The summed E-state index contributed by atoms with van der Waals surface area (Å²) >= 11 is 3.13. The molecule has 0 unspecified atom stereocenters. The van der Waals surface area contributed by atoms with Crippen molar-refractivity contribution in [1.82, 2.24) is 10.3 Å². The molecule has 4 nitrogen and oxygen atoms in total. The monoisotopic (exact) mass is 239 g/mol. The van der Waals surface area contributed by atoms with Gasteiger partial charge in [-0.3, -0.25) is 4.79 Å². The molecule has 0 atom stereocenters. The van der Waals surface area contributed by atoms with E-state index in [1.54, 1.807) is 18.3 Å². The highest BCUT2D eigenvalue weighted by Gasteiger charge is 2.08. The number of nitriles is 1. The molecule has 0 saturated carbocycles. The van der Waals surface area contributed by atoms with Gasteiger partial charge in [0.1, 0.15) is 11.1 Å². The minimum absolute atomic E-state index is 0.000166. The van der Waals surface area contributed by atoms with Crippen LogP contribution in [-0.2, 0) is 0 Å². The number of pyridine rings is 1. The second-order valence-electron chi connectivity index (χ2n) is 2.18. The van der Waals surface area contributed by atoms with Gasteiger partial charge in [-0.1, -0.05) is 0 Å². The molecule has 13 heavy (non-hydrogen) atoms. The van der Waals surface area contributed by atoms with Gasteiger partial charge in [0.2, 0.25) is 0 Å². The molecule has 0 radical (unpaired) electrons. The summed E-state index contributed by atoms with van der Waals surface area (Å²) in [6.07, 6.45) is 1.57. The van der Waals surface area contributed by atoms with Crippen molar-refractivity contribution in [3.05, 3.63) is 28.5 Å². The van der Waals surface area contributed by atoms with Crippen molar-refractivity contribution in [3.8, 4) is 6.07 Å². The Morgan fingerprint density at radius 1 is 1.77 bits per heavy atom. The van der Waals surface area contributed by atoms with Crippen LogP contribution in [0, 0.1) is 11.3 Å². The number of hydrogen-bond donors (Lipinski definition) is 1. The number of halogens is 1. The molecule has 0 aliphatic rings. The summed E-state index contributed by atoms with van der Waals surface area (Å²) in [4.78, 5) is 15.2. The molecule has 5 heteroatoms. The minimum Gasteiger partial charge on any atom is -0.339 e. The normalized spacial score (nSPS) is 8.92. The molecule has 0 spiro atoms. The molecule has 1 heterocycles. The Balaban J connectivity index is 2.78. The summed E-state index contributed by atoms with van der Waals surface area (Å²) in [5.41, 5.74) is 0.428. The van der Waals surface area contributed by atoms with E-state index in [1.165, 1.54) is 0 Å². The van der Waals surface area contributed by atoms with Gasteiger partial charge in [0.15, 0.2) is 0 Å². The van der Waals surface area contributed by atoms with Crippen molar-refractivity contribution in [2.75, 3.05) is 6.54 Å². The molecule has 1 aromatic heterocycles. The Morgan fingerprint density at radius 2 is 2.54 bits per heavy atom. The lowest BCUT2D eigenvalue weighted by Crippen LogP contribution is -2.23. The van der Waals surface area contributed by atoms with E-state index in [9.17, 15) is 4.79 Å². The third-order valence-electron chi connectivity index (χ3n) is 1.33. The Hall–Kier alpha value is -1.41. The largest absolute Gasteiger partial charge is 0.339 e. The van der Waals surface area contributed by atoms with Gasteiger partial charge in [0.05, 0.1) is 11.6 Å². The number of nitrogens with one attached hydrogen (secondary N) is 1. The second kappa shape index (κ2) is 4.58. The Bertz CT molecular complexity index is 359. The number of amides is 1. The van der Waals surface area contributed by atoms with Crippen molar-refractivity contribution in [2.24, 2.45) is 0 Å². The molecular formula is C8H6BrN3O. The second-order valence-corrected chi connectivity index (χ2v) is 2.93. The van der Waals surface area contributed by atoms with Crippen LogP contribution in [0.5, 0.6) is 0 Å². The highest BCUT2D eigenvalue weighted by atomic mass is 79.9. The van der Waals surface area contributed by atoms with Gasteiger partial charge in [-0.25, -0.2) is 4.98 Å². The summed E-state index contributed by atoms with van der Waals surface area (Å²) in [5.74, 6) is -0.304. The van der Waals surface area contributed by atoms with E-state index < -0.39 is 0 Å². The fourth-order valence-corrected chi connectivity index (χ4v) is 1.20. The smallest absolute Gasteiger partial charge is 0.254 e.